The lowest BCUT2D eigenvalue weighted by Crippen LogP contribution is -1.97. The van der Waals surface area contributed by atoms with E-state index in [2.05, 4.69) is 22.9 Å². The maximum absolute atomic E-state index is 10.7. The Morgan fingerprint density at radius 3 is 2.50 bits per heavy atom. The molecule has 0 saturated heterocycles. The van der Waals surface area contributed by atoms with Gasteiger partial charge < -0.3 is 9.47 Å². The Bertz CT molecular complexity index is 596. The predicted octanol–water partition coefficient (Wildman–Crippen LogP) is 4.84. The average molecular weight is 335 g/mol. The maximum atomic E-state index is 10.7. The van der Waals surface area contributed by atoms with Gasteiger partial charge in [-0.05, 0) is 52.7 Å². The normalized spacial score (nSPS) is 10.1. The van der Waals surface area contributed by atoms with Gasteiger partial charge in [-0.3, -0.25) is 4.79 Å². The molecule has 0 bridgehead atoms. The Labute approximate surface area is 126 Å². The van der Waals surface area contributed by atoms with Crippen LogP contribution in [-0.2, 0) is 0 Å². The minimum absolute atomic E-state index is 0.597. The number of benzene rings is 2. The van der Waals surface area contributed by atoms with Crippen molar-refractivity contribution >= 4 is 22.2 Å². The summed E-state index contributed by atoms with van der Waals surface area (Å²) < 4.78 is 12.2. The van der Waals surface area contributed by atoms with E-state index in [0.717, 1.165) is 17.2 Å². The van der Waals surface area contributed by atoms with E-state index in [1.54, 1.807) is 18.2 Å². The lowest BCUT2D eigenvalue weighted by atomic mass is 10.2. The second-order valence-electron chi connectivity index (χ2n) is 4.20. The first-order valence-corrected chi connectivity index (χ1v) is 7.18. The van der Waals surface area contributed by atoms with Crippen molar-refractivity contribution in [3.05, 3.63) is 52.5 Å². The highest BCUT2D eigenvalue weighted by molar-refractivity contribution is 9.10. The number of hydrogen-bond donors (Lipinski definition) is 0. The number of carbonyl (C=O) groups excluding carboxylic acids is 1. The van der Waals surface area contributed by atoms with E-state index in [1.807, 2.05) is 24.3 Å². The molecule has 0 heterocycles. The maximum Gasteiger partial charge on any atom is 0.169 e. The van der Waals surface area contributed by atoms with Gasteiger partial charge >= 0.3 is 0 Å². The third kappa shape index (κ3) is 3.61. The summed E-state index contributed by atoms with van der Waals surface area (Å²) in [5, 5.41) is 0. The minimum Gasteiger partial charge on any atom is -0.490 e. The van der Waals surface area contributed by atoms with E-state index in [0.29, 0.717) is 29.4 Å². The molecule has 2 rings (SSSR count). The molecule has 0 radical (unpaired) electrons. The third-order valence-corrected chi connectivity index (χ3v) is 3.24. The molecule has 104 valence electrons. The monoisotopic (exact) mass is 334 g/mol. The molecule has 0 saturated carbocycles. The second-order valence-corrected chi connectivity index (χ2v) is 5.06. The lowest BCUT2D eigenvalue weighted by Gasteiger charge is -2.13. The summed E-state index contributed by atoms with van der Waals surface area (Å²) in [6.07, 6.45) is 1.74. The van der Waals surface area contributed by atoms with Crippen molar-refractivity contribution in [2.75, 3.05) is 6.61 Å². The lowest BCUT2D eigenvalue weighted by molar-refractivity contribution is 0.112. The molecule has 2 aromatic carbocycles. The first-order chi connectivity index (χ1) is 9.74. The van der Waals surface area contributed by atoms with Gasteiger partial charge in [-0.2, -0.15) is 0 Å². The van der Waals surface area contributed by atoms with Gasteiger partial charge in [-0.15, -0.1) is 0 Å². The van der Waals surface area contributed by atoms with Gasteiger partial charge in [-0.25, -0.2) is 0 Å². The zero-order chi connectivity index (χ0) is 14.4. The van der Waals surface area contributed by atoms with Crippen molar-refractivity contribution in [1.82, 2.24) is 0 Å². The van der Waals surface area contributed by atoms with Crippen molar-refractivity contribution in [3.63, 3.8) is 0 Å². The molecule has 0 unspecified atom stereocenters. The summed E-state index contributed by atoms with van der Waals surface area (Å²) in [5.41, 5.74) is 0.597. The SMILES string of the molecule is CCCOc1ccccc1Oc1ccc(C=O)cc1Br. The molecule has 4 heteroatoms. The van der Waals surface area contributed by atoms with Crippen molar-refractivity contribution in [2.45, 2.75) is 13.3 Å². The highest BCUT2D eigenvalue weighted by Crippen LogP contribution is 2.35. The summed E-state index contributed by atoms with van der Waals surface area (Å²) in [6.45, 7) is 2.70. The number of para-hydroxylation sites is 2. The van der Waals surface area contributed by atoms with Crippen molar-refractivity contribution in [3.8, 4) is 17.2 Å². The molecule has 2 aromatic rings. The van der Waals surface area contributed by atoms with Crippen LogP contribution in [0.15, 0.2) is 46.9 Å². The molecular weight excluding hydrogens is 320 g/mol. The van der Waals surface area contributed by atoms with Gasteiger partial charge in [0, 0.05) is 5.56 Å². The van der Waals surface area contributed by atoms with Crippen LogP contribution < -0.4 is 9.47 Å². The first-order valence-electron chi connectivity index (χ1n) is 6.39. The highest BCUT2D eigenvalue weighted by atomic mass is 79.9. The largest absolute Gasteiger partial charge is 0.490 e. The van der Waals surface area contributed by atoms with Crippen molar-refractivity contribution < 1.29 is 14.3 Å². The van der Waals surface area contributed by atoms with Crippen LogP contribution in [0.3, 0.4) is 0 Å². The Hall–Kier alpha value is -1.81. The van der Waals surface area contributed by atoms with E-state index >= 15 is 0 Å². The van der Waals surface area contributed by atoms with Gasteiger partial charge in [0.05, 0.1) is 11.1 Å². The summed E-state index contributed by atoms with van der Waals surface area (Å²) in [4.78, 5) is 10.7. The number of halogens is 1. The van der Waals surface area contributed by atoms with E-state index in [-0.39, 0.29) is 0 Å². The van der Waals surface area contributed by atoms with Crippen LogP contribution in [0.5, 0.6) is 17.2 Å². The molecule has 0 N–H and O–H groups in total. The molecular formula is C16H15BrO3. The standard InChI is InChI=1S/C16H15BrO3/c1-2-9-19-15-5-3-4-6-16(15)20-14-8-7-12(11-18)10-13(14)17/h3-8,10-11H,2,9H2,1H3. The second kappa shape index (κ2) is 7.10. The van der Waals surface area contributed by atoms with Gasteiger partial charge in [0.1, 0.15) is 12.0 Å². The van der Waals surface area contributed by atoms with Gasteiger partial charge in [0.25, 0.3) is 0 Å². The molecule has 0 amide bonds. The Morgan fingerprint density at radius 1 is 1.10 bits per heavy atom. The van der Waals surface area contributed by atoms with E-state index < -0.39 is 0 Å². The summed E-state index contributed by atoms with van der Waals surface area (Å²) in [6, 6.07) is 12.7. The molecule has 20 heavy (non-hydrogen) atoms. The number of ether oxygens (including phenoxy) is 2. The van der Waals surface area contributed by atoms with Crippen molar-refractivity contribution in [1.29, 1.82) is 0 Å². The summed E-state index contributed by atoms with van der Waals surface area (Å²) in [5.74, 6) is 2.00. The summed E-state index contributed by atoms with van der Waals surface area (Å²) in [7, 11) is 0. The van der Waals surface area contributed by atoms with Gasteiger partial charge in [0.2, 0.25) is 0 Å². The van der Waals surface area contributed by atoms with Gasteiger partial charge in [0.15, 0.2) is 11.5 Å². The fourth-order valence-electron chi connectivity index (χ4n) is 1.66. The average Bonchev–Trinajstić information content (AvgIpc) is 2.48. The quantitative estimate of drug-likeness (QED) is 0.709. The molecule has 0 aliphatic rings. The number of carbonyl (C=O) groups is 1. The minimum atomic E-state index is 0.597. The zero-order valence-corrected chi connectivity index (χ0v) is 12.7. The Balaban J connectivity index is 2.23. The van der Waals surface area contributed by atoms with Crippen LogP contribution >= 0.6 is 15.9 Å². The third-order valence-electron chi connectivity index (χ3n) is 2.62. The highest BCUT2D eigenvalue weighted by Gasteiger charge is 2.08. The Kier molecular flexibility index (Phi) is 5.18. The molecule has 3 nitrogen and oxygen atoms in total. The number of rotatable bonds is 6. The molecule has 0 aliphatic carbocycles. The molecule has 0 fully saturated rings. The predicted molar refractivity (Wildman–Crippen MR) is 81.8 cm³/mol. The van der Waals surface area contributed by atoms with E-state index in [4.69, 9.17) is 9.47 Å². The Morgan fingerprint density at radius 2 is 1.85 bits per heavy atom. The van der Waals surface area contributed by atoms with E-state index in [1.165, 1.54) is 0 Å². The fraction of sp³-hybridized carbons (Fsp3) is 0.188. The molecule has 0 aromatic heterocycles. The molecule has 0 spiro atoms. The van der Waals surface area contributed by atoms with Crippen LogP contribution in [0.25, 0.3) is 0 Å². The van der Waals surface area contributed by atoms with Crippen LogP contribution in [0.2, 0.25) is 0 Å². The number of aldehydes is 1. The number of hydrogen-bond acceptors (Lipinski definition) is 3. The fourth-order valence-corrected chi connectivity index (χ4v) is 2.13. The van der Waals surface area contributed by atoms with E-state index in [9.17, 15) is 4.79 Å². The van der Waals surface area contributed by atoms with Crippen LogP contribution in [0, 0.1) is 0 Å². The van der Waals surface area contributed by atoms with Crippen LogP contribution in [0.1, 0.15) is 23.7 Å². The first kappa shape index (κ1) is 14.6. The molecule has 0 aliphatic heterocycles. The zero-order valence-electron chi connectivity index (χ0n) is 11.1. The van der Waals surface area contributed by atoms with Crippen LogP contribution in [0.4, 0.5) is 0 Å². The topological polar surface area (TPSA) is 35.5 Å². The molecule has 0 atom stereocenters. The smallest absolute Gasteiger partial charge is 0.169 e. The summed E-state index contributed by atoms with van der Waals surface area (Å²) >= 11 is 3.40. The van der Waals surface area contributed by atoms with Crippen molar-refractivity contribution in [2.24, 2.45) is 0 Å². The van der Waals surface area contributed by atoms with Crippen LogP contribution in [-0.4, -0.2) is 12.9 Å². The van der Waals surface area contributed by atoms with Gasteiger partial charge in [-0.1, -0.05) is 19.1 Å².